The molecule has 20 heavy (non-hydrogen) atoms. The van der Waals surface area contributed by atoms with Crippen LogP contribution in [0.2, 0.25) is 0 Å². The third-order valence-electron chi connectivity index (χ3n) is 3.65. The van der Waals surface area contributed by atoms with Crippen LogP contribution in [0.1, 0.15) is 24.9 Å². The topological polar surface area (TPSA) is 44.5 Å². The molecule has 1 saturated heterocycles. The summed E-state index contributed by atoms with van der Waals surface area (Å²) in [4.78, 5) is 0. The molecule has 1 aromatic carbocycles. The van der Waals surface area contributed by atoms with E-state index in [4.69, 9.17) is 15.2 Å². The van der Waals surface area contributed by atoms with Crippen molar-refractivity contribution < 1.29 is 9.47 Å². The van der Waals surface area contributed by atoms with E-state index in [9.17, 15) is 0 Å². The van der Waals surface area contributed by atoms with Gasteiger partial charge in [-0.25, -0.2) is 0 Å². The lowest BCUT2D eigenvalue weighted by Gasteiger charge is -2.34. The number of benzene rings is 1. The first-order chi connectivity index (χ1) is 9.71. The van der Waals surface area contributed by atoms with Gasteiger partial charge in [-0.05, 0) is 12.5 Å². The molecule has 0 aromatic heterocycles. The van der Waals surface area contributed by atoms with Gasteiger partial charge in [0.15, 0.2) is 0 Å². The SMILES string of the molecule is CCC1SCCSC1C(N)c1ccc(OC)cc1OC. The van der Waals surface area contributed by atoms with Gasteiger partial charge in [-0.2, -0.15) is 23.5 Å². The van der Waals surface area contributed by atoms with Crippen LogP contribution in [-0.4, -0.2) is 36.2 Å². The van der Waals surface area contributed by atoms with Gasteiger partial charge >= 0.3 is 0 Å². The van der Waals surface area contributed by atoms with Crippen LogP contribution in [0.5, 0.6) is 11.5 Å². The minimum Gasteiger partial charge on any atom is -0.497 e. The van der Waals surface area contributed by atoms with Crippen molar-refractivity contribution in [1.29, 1.82) is 0 Å². The van der Waals surface area contributed by atoms with Gasteiger partial charge in [-0.1, -0.05) is 13.0 Å². The first kappa shape index (κ1) is 15.9. The highest BCUT2D eigenvalue weighted by molar-refractivity contribution is 8.07. The molecule has 5 heteroatoms. The Morgan fingerprint density at radius 1 is 1.25 bits per heavy atom. The third kappa shape index (κ3) is 3.38. The molecule has 0 saturated carbocycles. The largest absolute Gasteiger partial charge is 0.497 e. The summed E-state index contributed by atoms with van der Waals surface area (Å²) in [5.41, 5.74) is 7.62. The van der Waals surface area contributed by atoms with Gasteiger partial charge < -0.3 is 15.2 Å². The minimum absolute atomic E-state index is 0.00129. The van der Waals surface area contributed by atoms with Crippen molar-refractivity contribution in [2.45, 2.75) is 29.9 Å². The maximum Gasteiger partial charge on any atom is 0.127 e. The zero-order valence-corrected chi connectivity index (χ0v) is 13.9. The lowest BCUT2D eigenvalue weighted by atomic mass is 10.00. The van der Waals surface area contributed by atoms with Crippen LogP contribution < -0.4 is 15.2 Å². The van der Waals surface area contributed by atoms with Crippen LogP contribution in [0, 0.1) is 0 Å². The number of ether oxygens (including phenoxy) is 2. The molecule has 0 bridgehead atoms. The highest BCUT2D eigenvalue weighted by Gasteiger charge is 2.32. The zero-order valence-electron chi connectivity index (χ0n) is 12.3. The molecule has 112 valence electrons. The van der Waals surface area contributed by atoms with Crippen LogP contribution in [-0.2, 0) is 0 Å². The molecular weight excluding hydrogens is 290 g/mol. The number of rotatable bonds is 5. The van der Waals surface area contributed by atoms with Crippen LogP contribution in [0.3, 0.4) is 0 Å². The molecule has 2 N–H and O–H groups in total. The average molecular weight is 313 g/mol. The second-order valence-electron chi connectivity index (χ2n) is 4.79. The Labute approximate surface area is 130 Å². The van der Waals surface area contributed by atoms with Crippen molar-refractivity contribution in [2.24, 2.45) is 5.73 Å². The summed E-state index contributed by atoms with van der Waals surface area (Å²) in [6, 6.07) is 5.91. The fraction of sp³-hybridized carbons (Fsp3) is 0.600. The van der Waals surface area contributed by atoms with E-state index in [-0.39, 0.29) is 6.04 Å². The first-order valence-corrected chi connectivity index (χ1v) is 9.01. The minimum atomic E-state index is -0.00129. The lowest BCUT2D eigenvalue weighted by molar-refractivity contribution is 0.387. The molecule has 1 aliphatic heterocycles. The summed E-state index contributed by atoms with van der Waals surface area (Å²) in [5.74, 6) is 4.03. The predicted molar refractivity (Wildman–Crippen MR) is 89.3 cm³/mol. The Morgan fingerprint density at radius 2 is 2.00 bits per heavy atom. The third-order valence-corrected chi connectivity index (χ3v) is 7.02. The van der Waals surface area contributed by atoms with E-state index in [0.717, 1.165) is 23.5 Å². The molecule has 2 rings (SSSR count). The standard InChI is InChI=1S/C15H23NO2S2/c1-4-13-15(20-8-7-19-13)14(16)11-6-5-10(17-2)9-12(11)18-3/h5-6,9,13-15H,4,7-8,16H2,1-3H3. The summed E-state index contributed by atoms with van der Waals surface area (Å²) in [5, 5.41) is 1.07. The Balaban J connectivity index is 2.25. The van der Waals surface area contributed by atoms with E-state index in [1.807, 2.05) is 41.7 Å². The van der Waals surface area contributed by atoms with Crippen LogP contribution >= 0.6 is 23.5 Å². The summed E-state index contributed by atoms with van der Waals surface area (Å²) >= 11 is 4.04. The van der Waals surface area contributed by atoms with Crippen LogP contribution in [0.4, 0.5) is 0 Å². The number of methoxy groups -OCH3 is 2. The molecule has 1 fully saturated rings. The van der Waals surface area contributed by atoms with E-state index < -0.39 is 0 Å². The highest BCUT2D eigenvalue weighted by Crippen LogP contribution is 2.41. The van der Waals surface area contributed by atoms with Crippen LogP contribution in [0.25, 0.3) is 0 Å². The molecule has 0 radical (unpaired) electrons. The fourth-order valence-electron chi connectivity index (χ4n) is 2.54. The van der Waals surface area contributed by atoms with E-state index in [1.165, 1.54) is 11.5 Å². The summed E-state index contributed by atoms with van der Waals surface area (Å²) in [6.45, 7) is 2.24. The second kappa shape index (κ2) is 7.48. The van der Waals surface area contributed by atoms with E-state index in [2.05, 4.69) is 6.92 Å². The van der Waals surface area contributed by atoms with Crippen molar-refractivity contribution in [1.82, 2.24) is 0 Å². The molecule has 1 heterocycles. The molecular formula is C15H23NO2S2. The quantitative estimate of drug-likeness (QED) is 0.903. The van der Waals surface area contributed by atoms with Gasteiger partial charge in [0.2, 0.25) is 0 Å². The monoisotopic (exact) mass is 313 g/mol. The summed E-state index contributed by atoms with van der Waals surface area (Å²) < 4.78 is 10.7. The summed E-state index contributed by atoms with van der Waals surface area (Å²) in [6.07, 6.45) is 1.16. The van der Waals surface area contributed by atoms with Gasteiger partial charge in [-0.15, -0.1) is 0 Å². The Bertz CT molecular complexity index is 442. The van der Waals surface area contributed by atoms with Crippen LogP contribution in [0.15, 0.2) is 18.2 Å². The van der Waals surface area contributed by atoms with E-state index >= 15 is 0 Å². The van der Waals surface area contributed by atoms with Gasteiger partial charge in [0.1, 0.15) is 11.5 Å². The summed E-state index contributed by atoms with van der Waals surface area (Å²) in [7, 11) is 3.35. The molecule has 0 aliphatic carbocycles. The molecule has 3 atom stereocenters. The molecule has 1 aliphatic rings. The predicted octanol–water partition coefficient (Wildman–Crippen LogP) is 3.33. The van der Waals surface area contributed by atoms with Crippen molar-refractivity contribution in [3.8, 4) is 11.5 Å². The number of thioether (sulfide) groups is 2. The molecule has 3 nitrogen and oxygen atoms in total. The molecule has 0 amide bonds. The Morgan fingerprint density at radius 3 is 2.65 bits per heavy atom. The van der Waals surface area contributed by atoms with Crippen molar-refractivity contribution in [3.63, 3.8) is 0 Å². The number of hydrogen-bond acceptors (Lipinski definition) is 5. The van der Waals surface area contributed by atoms with Gasteiger partial charge in [0, 0.05) is 39.7 Å². The van der Waals surface area contributed by atoms with E-state index in [1.54, 1.807) is 14.2 Å². The Hall–Kier alpha value is -0.520. The highest BCUT2D eigenvalue weighted by atomic mass is 32.2. The van der Waals surface area contributed by atoms with Gasteiger partial charge in [-0.3, -0.25) is 0 Å². The molecule has 3 unspecified atom stereocenters. The molecule has 1 aromatic rings. The van der Waals surface area contributed by atoms with Crippen molar-refractivity contribution in [2.75, 3.05) is 25.7 Å². The average Bonchev–Trinajstić information content (AvgIpc) is 2.53. The molecule has 0 spiro atoms. The lowest BCUT2D eigenvalue weighted by Crippen LogP contribution is -2.35. The maximum absolute atomic E-state index is 6.55. The zero-order chi connectivity index (χ0) is 14.5. The smallest absolute Gasteiger partial charge is 0.127 e. The number of nitrogens with two attached hydrogens (primary N) is 1. The first-order valence-electron chi connectivity index (χ1n) is 6.92. The number of hydrogen-bond donors (Lipinski definition) is 1. The maximum atomic E-state index is 6.55. The van der Waals surface area contributed by atoms with Gasteiger partial charge in [0.05, 0.1) is 14.2 Å². The van der Waals surface area contributed by atoms with E-state index in [0.29, 0.717) is 10.5 Å². The fourth-order valence-corrected chi connectivity index (χ4v) is 5.71. The normalized spacial score (nSPS) is 24.2. The Kier molecular flexibility index (Phi) is 5.93. The van der Waals surface area contributed by atoms with Crippen molar-refractivity contribution >= 4 is 23.5 Å². The second-order valence-corrected chi connectivity index (χ2v) is 7.42. The van der Waals surface area contributed by atoms with Gasteiger partial charge in [0.25, 0.3) is 0 Å². The van der Waals surface area contributed by atoms with Crippen molar-refractivity contribution in [3.05, 3.63) is 23.8 Å².